The van der Waals surface area contributed by atoms with Crippen molar-refractivity contribution >= 4 is 11.9 Å². The molecule has 0 spiro atoms. The fourth-order valence-corrected chi connectivity index (χ4v) is 4.26. The molecule has 1 unspecified atom stereocenters. The Bertz CT molecular complexity index is 479. The van der Waals surface area contributed by atoms with Gasteiger partial charge in [0.25, 0.3) is 0 Å². The third-order valence-corrected chi connectivity index (χ3v) is 6.15. The van der Waals surface area contributed by atoms with E-state index in [0.29, 0.717) is 18.6 Å². The number of likely N-dealkylation sites (tertiary alicyclic amines) is 2. The van der Waals surface area contributed by atoms with Crippen LogP contribution in [0.25, 0.3) is 0 Å². The first-order valence-corrected chi connectivity index (χ1v) is 10.8. The lowest BCUT2D eigenvalue weighted by molar-refractivity contribution is -0.149. The Balaban J connectivity index is 1.84. The number of aliphatic imine (C=N–C) groups is 1. The minimum Gasteiger partial charge on any atom is -0.466 e. The molecule has 2 rings (SSSR count). The van der Waals surface area contributed by atoms with Crippen molar-refractivity contribution < 1.29 is 9.53 Å². The van der Waals surface area contributed by atoms with Gasteiger partial charge in [0.05, 0.1) is 12.5 Å². The maximum Gasteiger partial charge on any atom is 0.309 e. The van der Waals surface area contributed by atoms with E-state index in [-0.39, 0.29) is 11.9 Å². The summed E-state index contributed by atoms with van der Waals surface area (Å²) in [5.41, 5.74) is 0. The van der Waals surface area contributed by atoms with E-state index in [1.54, 1.807) is 0 Å². The lowest BCUT2D eigenvalue weighted by Gasteiger charge is -2.40. The molecule has 1 atom stereocenters. The lowest BCUT2D eigenvalue weighted by Crippen LogP contribution is -2.53. The fraction of sp³-hybridized carbons (Fsp3) is 0.905. The van der Waals surface area contributed by atoms with Gasteiger partial charge in [0.2, 0.25) is 0 Å². The van der Waals surface area contributed by atoms with E-state index in [9.17, 15) is 4.79 Å². The van der Waals surface area contributed by atoms with Crippen LogP contribution in [0.2, 0.25) is 0 Å². The summed E-state index contributed by atoms with van der Waals surface area (Å²) in [5, 5.41) is 3.62. The highest BCUT2D eigenvalue weighted by molar-refractivity contribution is 5.80. The smallest absolute Gasteiger partial charge is 0.309 e. The summed E-state index contributed by atoms with van der Waals surface area (Å²) in [6.07, 6.45) is 4.30. The first-order chi connectivity index (χ1) is 13.0. The van der Waals surface area contributed by atoms with Crippen LogP contribution in [-0.2, 0) is 9.53 Å². The van der Waals surface area contributed by atoms with Gasteiger partial charge in [-0.2, -0.15) is 0 Å². The van der Waals surface area contributed by atoms with Gasteiger partial charge >= 0.3 is 5.97 Å². The summed E-state index contributed by atoms with van der Waals surface area (Å²) in [4.78, 5) is 21.4. The van der Waals surface area contributed by atoms with Gasteiger partial charge in [-0.25, -0.2) is 0 Å². The number of nitrogens with one attached hydrogen (secondary N) is 1. The third kappa shape index (κ3) is 6.37. The highest BCUT2D eigenvalue weighted by Gasteiger charge is 2.29. The molecule has 27 heavy (non-hydrogen) atoms. The van der Waals surface area contributed by atoms with Gasteiger partial charge in [-0.05, 0) is 57.5 Å². The number of nitrogens with zero attached hydrogens (tertiary/aromatic N) is 3. The van der Waals surface area contributed by atoms with Crippen molar-refractivity contribution in [1.29, 1.82) is 0 Å². The zero-order valence-corrected chi connectivity index (χ0v) is 18.0. The third-order valence-electron chi connectivity index (χ3n) is 6.15. The van der Waals surface area contributed by atoms with Crippen molar-refractivity contribution in [2.75, 3.05) is 46.4 Å². The van der Waals surface area contributed by atoms with Gasteiger partial charge in [-0.1, -0.05) is 20.8 Å². The molecule has 0 amide bonds. The molecule has 0 aromatic carbocycles. The van der Waals surface area contributed by atoms with Crippen LogP contribution in [0.15, 0.2) is 4.99 Å². The molecule has 2 aliphatic heterocycles. The molecule has 2 fully saturated rings. The minimum atomic E-state index is -0.0423. The van der Waals surface area contributed by atoms with Crippen molar-refractivity contribution in [1.82, 2.24) is 15.1 Å². The highest BCUT2D eigenvalue weighted by atomic mass is 16.5. The van der Waals surface area contributed by atoms with E-state index < -0.39 is 0 Å². The molecule has 0 aliphatic carbocycles. The maximum atomic E-state index is 11.9. The lowest BCUT2D eigenvalue weighted by atomic mass is 9.94. The Morgan fingerprint density at radius 1 is 1.15 bits per heavy atom. The molecule has 0 radical (unpaired) electrons. The van der Waals surface area contributed by atoms with Crippen LogP contribution >= 0.6 is 0 Å². The summed E-state index contributed by atoms with van der Waals surface area (Å²) in [6, 6.07) is 0.534. The number of carbonyl (C=O) groups excluding carboxylic acids is 1. The standard InChI is InChI=1S/C21H40N4O2/c1-6-27-20(26)18-9-13-25(14-10-18)21(22-5)23-15-19(16(2)3)24-11-7-17(4)8-12-24/h16-19H,6-15H2,1-5H3,(H,22,23). The number of ether oxygens (including phenoxy) is 1. The van der Waals surface area contributed by atoms with Crippen LogP contribution < -0.4 is 5.32 Å². The molecule has 0 saturated carbocycles. The van der Waals surface area contributed by atoms with E-state index in [4.69, 9.17) is 4.74 Å². The highest BCUT2D eigenvalue weighted by Crippen LogP contribution is 2.22. The Labute approximate surface area is 165 Å². The molecule has 2 heterocycles. The normalized spacial score (nSPS) is 22.1. The topological polar surface area (TPSA) is 57.2 Å². The summed E-state index contributed by atoms with van der Waals surface area (Å²) >= 11 is 0. The van der Waals surface area contributed by atoms with Gasteiger partial charge in [0, 0.05) is 32.7 Å². The molecule has 2 aliphatic rings. The fourth-order valence-electron chi connectivity index (χ4n) is 4.26. The largest absolute Gasteiger partial charge is 0.466 e. The maximum absolute atomic E-state index is 11.9. The molecule has 0 aromatic heterocycles. The second-order valence-electron chi connectivity index (χ2n) is 8.47. The number of esters is 1. The SMILES string of the molecule is CCOC(=O)C1CCN(C(=NC)NCC(C(C)C)N2CCC(C)CC2)CC1. The number of carbonyl (C=O) groups is 1. The van der Waals surface area contributed by atoms with Crippen LogP contribution in [0.3, 0.4) is 0 Å². The van der Waals surface area contributed by atoms with Gasteiger partial charge in [0.1, 0.15) is 0 Å². The number of hydrogen-bond acceptors (Lipinski definition) is 4. The van der Waals surface area contributed by atoms with Crippen LogP contribution in [0, 0.1) is 17.8 Å². The summed E-state index contributed by atoms with van der Waals surface area (Å²) in [7, 11) is 1.85. The quantitative estimate of drug-likeness (QED) is 0.436. The average Bonchev–Trinajstić information content (AvgIpc) is 2.66. The first kappa shape index (κ1) is 22.0. The predicted molar refractivity (Wildman–Crippen MR) is 111 cm³/mol. The number of hydrogen-bond donors (Lipinski definition) is 1. The van der Waals surface area contributed by atoms with Crippen LogP contribution in [0.4, 0.5) is 0 Å². The molecule has 2 saturated heterocycles. The van der Waals surface area contributed by atoms with Crippen molar-refractivity contribution in [3.05, 3.63) is 0 Å². The predicted octanol–water partition coefficient (Wildman–Crippen LogP) is 2.59. The first-order valence-electron chi connectivity index (χ1n) is 10.8. The summed E-state index contributed by atoms with van der Waals surface area (Å²) in [5.74, 6) is 2.43. The molecule has 156 valence electrons. The number of rotatable bonds is 6. The molecule has 6 heteroatoms. The molecule has 6 nitrogen and oxygen atoms in total. The number of piperidine rings is 2. The van der Waals surface area contributed by atoms with Gasteiger partial charge in [-0.3, -0.25) is 14.7 Å². The Morgan fingerprint density at radius 3 is 2.30 bits per heavy atom. The zero-order valence-electron chi connectivity index (χ0n) is 18.0. The minimum absolute atomic E-state index is 0.0399. The second kappa shape index (κ2) is 10.9. The van der Waals surface area contributed by atoms with Crippen molar-refractivity contribution in [3.8, 4) is 0 Å². The van der Waals surface area contributed by atoms with E-state index in [0.717, 1.165) is 44.4 Å². The molecular formula is C21H40N4O2. The van der Waals surface area contributed by atoms with E-state index >= 15 is 0 Å². The van der Waals surface area contributed by atoms with E-state index in [1.165, 1.54) is 25.9 Å². The second-order valence-corrected chi connectivity index (χ2v) is 8.47. The summed E-state index contributed by atoms with van der Waals surface area (Å²) in [6.45, 7) is 14.4. The van der Waals surface area contributed by atoms with Crippen LogP contribution in [-0.4, -0.2) is 74.1 Å². The number of guanidine groups is 1. The average molecular weight is 381 g/mol. The van der Waals surface area contributed by atoms with Crippen molar-refractivity contribution in [2.45, 2.75) is 59.4 Å². The zero-order chi connectivity index (χ0) is 19.8. The molecule has 0 aromatic rings. The van der Waals surface area contributed by atoms with Gasteiger partial charge in [0.15, 0.2) is 5.96 Å². The van der Waals surface area contributed by atoms with Crippen LogP contribution in [0.5, 0.6) is 0 Å². The Kier molecular flexibility index (Phi) is 8.87. The summed E-state index contributed by atoms with van der Waals surface area (Å²) < 4.78 is 5.17. The molecule has 1 N–H and O–H groups in total. The molecular weight excluding hydrogens is 340 g/mol. The molecule has 0 bridgehead atoms. The van der Waals surface area contributed by atoms with Gasteiger partial charge < -0.3 is 15.0 Å². The van der Waals surface area contributed by atoms with E-state index in [1.807, 2.05) is 14.0 Å². The van der Waals surface area contributed by atoms with Crippen LogP contribution in [0.1, 0.15) is 53.4 Å². The van der Waals surface area contributed by atoms with Crippen molar-refractivity contribution in [2.24, 2.45) is 22.7 Å². The van der Waals surface area contributed by atoms with Crippen molar-refractivity contribution in [3.63, 3.8) is 0 Å². The monoisotopic (exact) mass is 380 g/mol. The van der Waals surface area contributed by atoms with E-state index in [2.05, 4.69) is 40.9 Å². The Hall–Kier alpha value is -1.30. The van der Waals surface area contributed by atoms with Gasteiger partial charge in [-0.15, -0.1) is 0 Å². The Morgan fingerprint density at radius 2 is 1.78 bits per heavy atom.